The molecule has 0 radical (unpaired) electrons. The van der Waals surface area contributed by atoms with E-state index in [4.69, 9.17) is 5.11 Å². The number of nitrogens with one attached hydrogen (secondary N) is 1. The predicted octanol–water partition coefficient (Wildman–Crippen LogP) is 1.92. The van der Waals surface area contributed by atoms with Crippen LogP contribution < -0.4 is 5.32 Å². The van der Waals surface area contributed by atoms with Gasteiger partial charge in [-0.15, -0.1) is 11.3 Å². The van der Waals surface area contributed by atoms with E-state index in [0.29, 0.717) is 12.1 Å². The third-order valence-electron chi connectivity index (χ3n) is 2.32. The average molecular weight is 197 g/mol. The minimum atomic E-state index is 0.266. The second kappa shape index (κ2) is 4.22. The van der Waals surface area contributed by atoms with Gasteiger partial charge >= 0.3 is 0 Å². The van der Waals surface area contributed by atoms with Crippen molar-refractivity contribution < 1.29 is 5.11 Å². The minimum Gasteiger partial charge on any atom is -0.396 e. The van der Waals surface area contributed by atoms with Gasteiger partial charge in [0, 0.05) is 23.6 Å². The van der Waals surface area contributed by atoms with Crippen molar-refractivity contribution in [3.05, 3.63) is 22.4 Å². The number of aliphatic hydroxyl groups is 1. The highest BCUT2D eigenvalue weighted by Crippen LogP contribution is 2.28. The lowest BCUT2D eigenvalue weighted by molar-refractivity contribution is 0.266. The molecule has 2 nitrogen and oxygen atoms in total. The highest BCUT2D eigenvalue weighted by molar-refractivity contribution is 7.10. The summed E-state index contributed by atoms with van der Waals surface area (Å²) in [6, 6.07) is 5.29. The van der Waals surface area contributed by atoms with Gasteiger partial charge in [-0.2, -0.15) is 0 Å². The van der Waals surface area contributed by atoms with Gasteiger partial charge < -0.3 is 10.4 Å². The van der Waals surface area contributed by atoms with Crippen LogP contribution in [0.3, 0.4) is 0 Å². The third-order valence-corrected chi connectivity index (χ3v) is 3.30. The molecule has 13 heavy (non-hydrogen) atoms. The Balaban J connectivity index is 1.95. The van der Waals surface area contributed by atoms with Crippen molar-refractivity contribution in [3.63, 3.8) is 0 Å². The molecule has 2 rings (SSSR count). The molecule has 1 aromatic heterocycles. The Morgan fingerprint density at radius 3 is 3.00 bits per heavy atom. The molecule has 0 unspecified atom stereocenters. The van der Waals surface area contributed by atoms with Crippen LogP contribution in [0.2, 0.25) is 0 Å². The Morgan fingerprint density at radius 1 is 1.62 bits per heavy atom. The van der Waals surface area contributed by atoms with Gasteiger partial charge in [-0.05, 0) is 30.7 Å². The SMILES string of the molecule is OCC[C@H](NC1CC1)c1cccs1. The van der Waals surface area contributed by atoms with E-state index in [1.807, 2.05) is 0 Å². The second-order valence-electron chi connectivity index (χ2n) is 3.52. The van der Waals surface area contributed by atoms with Crippen LogP contribution in [0, 0.1) is 0 Å². The maximum Gasteiger partial charge on any atom is 0.0449 e. The van der Waals surface area contributed by atoms with E-state index >= 15 is 0 Å². The van der Waals surface area contributed by atoms with Gasteiger partial charge in [-0.25, -0.2) is 0 Å². The topological polar surface area (TPSA) is 32.3 Å². The van der Waals surface area contributed by atoms with Gasteiger partial charge in [0.25, 0.3) is 0 Å². The lowest BCUT2D eigenvalue weighted by Crippen LogP contribution is -2.23. The average Bonchev–Trinajstić information content (AvgIpc) is 2.80. The van der Waals surface area contributed by atoms with Crippen LogP contribution in [0.15, 0.2) is 17.5 Å². The fourth-order valence-corrected chi connectivity index (χ4v) is 2.28. The zero-order valence-corrected chi connectivity index (χ0v) is 8.39. The van der Waals surface area contributed by atoms with E-state index in [-0.39, 0.29) is 6.61 Å². The van der Waals surface area contributed by atoms with Crippen LogP contribution in [0.1, 0.15) is 30.2 Å². The molecule has 72 valence electrons. The Kier molecular flexibility index (Phi) is 2.98. The van der Waals surface area contributed by atoms with Gasteiger partial charge in [0.05, 0.1) is 0 Å². The van der Waals surface area contributed by atoms with E-state index in [0.717, 1.165) is 6.42 Å². The van der Waals surface area contributed by atoms with Gasteiger partial charge in [-0.3, -0.25) is 0 Å². The standard InChI is InChI=1S/C10H15NOS/c12-6-5-9(11-8-3-4-8)10-2-1-7-13-10/h1-2,7-9,11-12H,3-6H2/t9-/m0/s1. The Hall–Kier alpha value is -0.380. The summed E-state index contributed by atoms with van der Waals surface area (Å²) >= 11 is 1.77. The van der Waals surface area contributed by atoms with Crippen LogP contribution in [0.25, 0.3) is 0 Å². The molecule has 2 N–H and O–H groups in total. The third kappa shape index (κ3) is 2.53. The van der Waals surface area contributed by atoms with Crippen LogP contribution in [-0.4, -0.2) is 17.8 Å². The maximum absolute atomic E-state index is 8.93. The van der Waals surface area contributed by atoms with Crippen molar-refractivity contribution in [1.82, 2.24) is 5.32 Å². The molecule has 1 atom stereocenters. The summed E-state index contributed by atoms with van der Waals surface area (Å²) in [5.74, 6) is 0. The molecule has 0 aliphatic heterocycles. The summed E-state index contributed by atoms with van der Waals surface area (Å²) in [4.78, 5) is 1.35. The fraction of sp³-hybridized carbons (Fsp3) is 0.600. The van der Waals surface area contributed by atoms with Crippen molar-refractivity contribution in [2.45, 2.75) is 31.3 Å². The number of thiophene rings is 1. The quantitative estimate of drug-likeness (QED) is 0.756. The molecule has 0 amide bonds. The maximum atomic E-state index is 8.93. The molecule has 3 heteroatoms. The molecular formula is C10H15NOS. The first-order valence-electron chi connectivity index (χ1n) is 4.80. The number of hydrogen-bond donors (Lipinski definition) is 2. The van der Waals surface area contributed by atoms with Gasteiger partial charge in [0.1, 0.15) is 0 Å². The first-order valence-corrected chi connectivity index (χ1v) is 5.68. The highest BCUT2D eigenvalue weighted by Gasteiger charge is 2.25. The van der Waals surface area contributed by atoms with E-state index in [2.05, 4.69) is 22.8 Å². The zero-order valence-electron chi connectivity index (χ0n) is 7.57. The Bertz CT molecular complexity index is 243. The highest BCUT2D eigenvalue weighted by atomic mass is 32.1. The molecule has 1 fully saturated rings. The molecule has 1 aliphatic carbocycles. The van der Waals surface area contributed by atoms with E-state index in [9.17, 15) is 0 Å². The van der Waals surface area contributed by atoms with Crippen LogP contribution in [0.5, 0.6) is 0 Å². The van der Waals surface area contributed by atoms with Crippen molar-refractivity contribution in [1.29, 1.82) is 0 Å². The van der Waals surface area contributed by atoms with Crippen molar-refractivity contribution in [2.24, 2.45) is 0 Å². The molecule has 0 bridgehead atoms. The summed E-state index contributed by atoms with van der Waals surface area (Å²) in [5, 5.41) is 14.6. The van der Waals surface area contributed by atoms with Crippen molar-refractivity contribution in [3.8, 4) is 0 Å². The lowest BCUT2D eigenvalue weighted by atomic mass is 10.2. The van der Waals surface area contributed by atoms with Crippen LogP contribution in [0.4, 0.5) is 0 Å². The molecule has 0 saturated heterocycles. The van der Waals surface area contributed by atoms with E-state index < -0.39 is 0 Å². The minimum absolute atomic E-state index is 0.266. The predicted molar refractivity (Wildman–Crippen MR) is 54.9 cm³/mol. The Labute approximate surface area is 82.6 Å². The molecular weight excluding hydrogens is 182 g/mol. The van der Waals surface area contributed by atoms with Gasteiger partial charge in [0.2, 0.25) is 0 Å². The smallest absolute Gasteiger partial charge is 0.0449 e. The number of aliphatic hydroxyl groups excluding tert-OH is 1. The Morgan fingerprint density at radius 2 is 2.46 bits per heavy atom. The molecule has 0 spiro atoms. The van der Waals surface area contributed by atoms with Crippen LogP contribution >= 0.6 is 11.3 Å². The van der Waals surface area contributed by atoms with Crippen molar-refractivity contribution >= 4 is 11.3 Å². The van der Waals surface area contributed by atoms with Gasteiger partial charge in [0.15, 0.2) is 0 Å². The normalized spacial score (nSPS) is 18.8. The molecule has 0 aromatic carbocycles. The summed E-state index contributed by atoms with van der Waals surface area (Å²) < 4.78 is 0. The zero-order chi connectivity index (χ0) is 9.10. The fourth-order valence-electron chi connectivity index (χ4n) is 1.46. The van der Waals surface area contributed by atoms with E-state index in [1.54, 1.807) is 11.3 Å². The second-order valence-corrected chi connectivity index (χ2v) is 4.50. The molecule has 1 aliphatic rings. The monoisotopic (exact) mass is 197 g/mol. The number of hydrogen-bond acceptors (Lipinski definition) is 3. The van der Waals surface area contributed by atoms with E-state index in [1.165, 1.54) is 17.7 Å². The van der Waals surface area contributed by atoms with Gasteiger partial charge in [-0.1, -0.05) is 6.07 Å². The molecule has 1 aromatic rings. The first-order chi connectivity index (χ1) is 6.40. The summed E-state index contributed by atoms with van der Waals surface area (Å²) in [6.07, 6.45) is 3.43. The summed E-state index contributed by atoms with van der Waals surface area (Å²) in [5.41, 5.74) is 0. The first kappa shape index (κ1) is 9.19. The molecule has 1 saturated carbocycles. The number of rotatable bonds is 5. The van der Waals surface area contributed by atoms with Crippen LogP contribution in [-0.2, 0) is 0 Å². The lowest BCUT2D eigenvalue weighted by Gasteiger charge is -2.15. The molecule has 1 heterocycles. The summed E-state index contributed by atoms with van der Waals surface area (Å²) in [7, 11) is 0. The summed E-state index contributed by atoms with van der Waals surface area (Å²) in [6.45, 7) is 0.266. The largest absolute Gasteiger partial charge is 0.396 e. The van der Waals surface area contributed by atoms with Crippen molar-refractivity contribution in [2.75, 3.05) is 6.61 Å².